The molecule has 3 aromatic rings. The highest BCUT2D eigenvalue weighted by molar-refractivity contribution is 7.99. The van der Waals surface area contributed by atoms with Crippen LogP contribution < -0.4 is 5.32 Å². The second-order valence-corrected chi connectivity index (χ2v) is 7.83. The minimum Gasteiger partial charge on any atom is -0.355 e. The van der Waals surface area contributed by atoms with Gasteiger partial charge in [-0.2, -0.15) is 11.8 Å². The maximum absolute atomic E-state index is 12.0. The molecule has 0 aliphatic heterocycles. The van der Waals surface area contributed by atoms with Crippen molar-refractivity contribution in [2.45, 2.75) is 10.9 Å². The minimum atomic E-state index is 0.00812. The molecule has 0 fully saturated rings. The molecule has 0 aliphatic rings. The Morgan fingerprint density at radius 3 is 2.67 bits per heavy atom. The third kappa shape index (κ3) is 5.83. The molecule has 0 saturated carbocycles. The summed E-state index contributed by atoms with van der Waals surface area (Å²) >= 11 is 3.20. The van der Waals surface area contributed by atoms with Gasteiger partial charge < -0.3 is 9.88 Å². The second-order valence-electron chi connectivity index (χ2n) is 5.78. The molecule has 1 N–H and O–H groups in total. The summed E-state index contributed by atoms with van der Waals surface area (Å²) in [6.07, 6.45) is 3.44. The lowest BCUT2D eigenvalue weighted by atomic mass is 10.2. The number of carbonyl (C=O) groups is 1. The van der Waals surface area contributed by atoms with Crippen molar-refractivity contribution in [3.8, 4) is 11.4 Å². The number of hydrogen-bond acceptors (Lipinski definition) is 6. The number of carbonyl (C=O) groups excluding carboxylic acids is 1. The van der Waals surface area contributed by atoms with E-state index < -0.39 is 0 Å². The van der Waals surface area contributed by atoms with E-state index in [2.05, 4.69) is 32.6 Å². The van der Waals surface area contributed by atoms with E-state index in [4.69, 9.17) is 0 Å². The molecule has 2 heterocycles. The SMILES string of the molecule is Cn1c(SCC(=O)NCCSCc2ccccc2)nnc1-c1ccncc1. The van der Waals surface area contributed by atoms with Crippen LogP contribution in [0.3, 0.4) is 0 Å². The van der Waals surface area contributed by atoms with Crippen LogP contribution >= 0.6 is 23.5 Å². The van der Waals surface area contributed by atoms with Crippen molar-refractivity contribution in [2.75, 3.05) is 18.1 Å². The van der Waals surface area contributed by atoms with Gasteiger partial charge in [-0.3, -0.25) is 9.78 Å². The van der Waals surface area contributed by atoms with E-state index in [0.717, 1.165) is 28.0 Å². The predicted molar refractivity (Wildman–Crippen MR) is 111 cm³/mol. The molecule has 0 atom stereocenters. The van der Waals surface area contributed by atoms with Crippen molar-refractivity contribution in [2.24, 2.45) is 7.05 Å². The zero-order chi connectivity index (χ0) is 18.9. The average Bonchev–Trinajstić information content (AvgIpc) is 3.08. The van der Waals surface area contributed by atoms with Gasteiger partial charge >= 0.3 is 0 Å². The molecule has 0 unspecified atom stereocenters. The first-order valence-electron chi connectivity index (χ1n) is 8.55. The largest absolute Gasteiger partial charge is 0.355 e. The average molecular weight is 400 g/mol. The van der Waals surface area contributed by atoms with Crippen LogP contribution in [0.4, 0.5) is 0 Å². The topological polar surface area (TPSA) is 72.7 Å². The van der Waals surface area contributed by atoms with Crippen molar-refractivity contribution >= 4 is 29.4 Å². The summed E-state index contributed by atoms with van der Waals surface area (Å²) < 4.78 is 1.89. The maximum Gasteiger partial charge on any atom is 0.230 e. The molecule has 0 aliphatic carbocycles. The molecule has 0 saturated heterocycles. The standard InChI is InChI=1S/C19H21N5OS2/c1-24-18(16-7-9-20-10-8-16)22-23-19(24)27-14-17(25)21-11-12-26-13-15-5-3-2-4-6-15/h2-10H,11-14H2,1H3,(H,21,25). The molecular weight excluding hydrogens is 378 g/mol. The fourth-order valence-electron chi connectivity index (χ4n) is 2.40. The van der Waals surface area contributed by atoms with Gasteiger partial charge in [0.1, 0.15) is 0 Å². The predicted octanol–water partition coefficient (Wildman–Crippen LogP) is 3.02. The van der Waals surface area contributed by atoms with E-state index in [9.17, 15) is 4.79 Å². The Balaban J connectivity index is 1.38. The van der Waals surface area contributed by atoms with Crippen molar-refractivity contribution in [1.29, 1.82) is 0 Å². The third-order valence-corrected chi connectivity index (χ3v) is 5.84. The molecule has 8 heteroatoms. The van der Waals surface area contributed by atoms with E-state index in [1.54, 1.807) is 12.4 Å². The van der Waals surface area contributed by atoms with Gasteiger partial charge in [0.25, 0.3) is 0 Å². The van der Waals surface area contributed by atoms with Gasteiger partial charge in [0.15, 0.2) is 11.0 Å². The van der Waals surface area contributed by atoms with Gasteiger partial charge in [-0.15, -0.1) is 10.2 Å². The second kappa shape index (κ2) is 10.1. The number of thioether (sulfide) groups is 2. The first-order chi connectivity index (χ1) is 13.2. The van der Waals surface area contributed by atoms with E-state index >= 15 is 0 Å². The molecule has 0 spiro atoms. The Labute approximate surface area is 167 Å². The Morgan fingerprint density at radius 1 is 1.11 bits per heavy atom. The zero-order valence-electron chi connectivity index (χ0n) is 15.0. The number of benzene rings is 1. The Morgan fingerprint density at radius 2 is 1.89 bits per heavy atom. The number of nitrogens with one attached hydrogen (secondary N) is 1. The lowest BCUT2D eigenvalue weighted by Gasteiger charge is -2.06. The van der Waals surface area contributed by atoms with E-state index in [1.807, 2.05) is 53.7 Å². The number of amides is 1. The van der Waals surface area contributed by atoms with Crippen molar-refractivity contribution in [3.63, 3.8) is 0 Å². The minimum absolute atomic E-state index is 0.00812. The summed E-state index contributed by atoms with van der Waals surface area (Å²) in [4.78, 5) is 16.0. The summed E-state index contributed by atoms with van der Waals surface area (Å²) in [7, 11) is 1.90. The highest BCUT2D eigenvalue weighted by Gasteiger charge is 2.12. The normalized spacial score (nSPS) is 10.7. The van der Waals surface area contributed by atoms with E-state index in [-0.39, 0.29) is 5.91 Å². The lowest BCUT2D eigenvalue weighted by molar-refractivity contribution is -0.118. The van der Waals surface area contributed by atoms with Crippen LogP contribution in [-0.4, -0.2) is 43.7 Å². The van der Waals surface area contributed by atoms with Gasteiger partial charge in [0.05, 0.1) is 5.75 Å². The number of nitrogens with zero attached hydrogens (tertiary/aromatic N) is 4. The number of hydrogen-bond donors (Lipinski definition) is 1. The quantitative estimate of drug-likeness (QED) is 0.440. The molecule has 27 heavy (non-hydrogen) atoms. The molecule has 0 radical (unpaired) electrons. The van der Waals surface area contributed by atoms with Gasteiger partial charge in [-0.25, -0.2) is 0 Å². The highest BCUT2D eigenvalue weighted by atomic mass is 32.2. The Bertz CT molecular complexity index is 855. The first-order valence-corrected chi connectivity index (χ1v) is 10.7. The molecule has 1 amide bonds. The Kier molecular flexibility index (Phi) is 7.29. The lowest BCUT2D eigenvalue weighted by Crippen LogP contribution is -2.27. The number of pyridine rings is 1. The first kappa shape index (κ1) is 19.4. The molecular formula is C19H21N5OS2. The van der Waals surface area contributed by atoms with E-state index in [0.29, 0.717) is 12.3 Å². The summed E-state index contributed by atoms with van der Waals surface area (Å²) in [6, 6.07) is 14.1. The summed E-state index contributed by atoms with van der Waals surface area (Å²) in [5.41, 5.74) is 2.25. The maximum atomic E-state index is 12.0. The molecule has 6 nitrogen and oxygen atoms in total. The van der Waals surface area contributed by atoms with Gasteiger partial charge in [-0.1, -0.05) is 42.1 Å². The third-order valence-electron chi connectivity index (χ3n) is 3.79. The molecule has 3 rings (SSSR count). The smallest absolute Gasteiger partial charge is 0.230 e. The fraction of sp³-hybridized carbons (Fsp3) is 0.263. The molecule has 1 aromatic carbocycles. The van der Waals surface area contributed by atoms with Crippen LogP contribution in [0.25, 0.3) is 11.4 Å². The van der Waals surface area contributed by atoms with E-state index in [1.165, 1.54) is 17.3 Å². The van der Waals surface area contributed by atoms with Crippen molar-refractivity contribution in [1.82, 2.24) is 25.1 Å². The van der Waals surface area contributed by atoms with Crippen LogP contribution in [0.2, 0.25) is 0 Å². The van der Waals surface area contributed by atoms with Crippen molar-refractivity contribution in [3.05, 3.63) is 60.4 Å². The number of aromatic nitrogens is 4. The van der Waals surface area contributed by atoms with Gasteiger partial charge in [-0.05, 0) is 17.7 Å². The monoisotopic (exact) mass is 399 g/mol. The summed E-state index contributed by atoms with van der Waals surface area (Å²) in [6.45, 7) is 0.665. The molecule has 140 valence electrons. The van der Waals surface area contributed by atoms with Crippen LogP contribution in [0, 0.1) is 0 Å². The Hall–Kier alpha value is -2.32. The van der Waals surface area contributed by atoms with Gasteiger partial charge in [0.2, 0.25) is 5.91 Å². The molecule has 2 aromatic heterocycles. The highest BCUT2D eigenvalue weighted by Crippen LogP contribution is 2.21. The van der Waals surface area contributed by atoms with Crippen LogP contribution in [0.5, 0.6) is 0 Å². The zero-order valence-corrected chi connectivity index (χ0v) is 16.7. The summed E-state index contributed by atoms with van der Waals surface area (Å²) in [5.74, 6) is 2.95. The van der Waals surface area contributed by atoms with Crippen LogP contribution in [0.15, 0.2) is 60.0 Å². The fourth-order valence-corrected chi connectivity index (χ4v) is 3.96. The van der Waals surface area contributed by atoms with Crippen LogP contribution in [-0.2, 0) is 17.6 Å². The van der Waals surface area contributed by atoms with Crippen molar-refractivity contribution < 1.29 is 4.79 Å². The molecule has 0 bridgehead atoms. The van der Waals surface area contributed by atoms with Crippen LogP contribution in [0.1, 0.15) is 5.56 Å². The van der Waals surface area contributed by atoms with Gasteiger partial charge in [0, 0.05) is 43.1 Å². The number of rotatable bonds is 9. The summed E-state index contributed by atoms with van der Waals surface area (Å²) in [5, 5.41) is 12.1.